The van der Waals surface area contributed by atoms with Gasteiger partial charge in [0.2, 0.25) is 0 Å². The van der Waals surface area contributed by atoms with E-state index in [0.717, 1.165) is 11.4 Å². The highest BCUT2D eigenvalue weighted by Gasteiger charge is 2.10. The third kappa shape index (κ3) is 3.72. The van der Waals surface area contributed by atoms with Gasteiger partial charge in [0.05, 0.1) is 5.56 Å². The van der Waals surface area contributed by atoms with Crippen LogP contribution in [-0.4, -0.2) is 25.2 Å². The molecule has 110 valence electrons. The molecule has 2 N–H and O–H groups in total. The molecule has 2 aromatic rings. The Hall–Kier alpha value is -2.56. The van der Waals surface area contributed by atoms with Crippen molar-refractivity contribution in [3.8, 4) is 0 Å². The van der Waals surface area contributed by atoms with E-state index in [0.29, 0.717) is 12.1 Å². The largest absolute Gasteiger partial charge is 0.478 e. The summed E-state index contributed by atoms with van der Waals surface area (Å²) < 4.78 is 13.6. The van der Waals surface area contributed by atoms with Crippen LogP contribution in [0, 0.1) is 5.82 Å². The molecule has 2 aromatic carbocycles. The molecule has 4 nitrogen and oxygen atoms in total. The molecule has 0 spiro atoms. The number of aromatic carboxylic acids is 1. The first-order valence-electron chi connectivity index (χ1n) is 6.50. The molecule has 0 aliphatic carbocycles. The number of nitrogens with one attached hydrogen (secondary N) is 1. The molecule has 0 bridgehead atoms. The van der Waals surface area contributed by atoms with Gasteiger partial charge >= 0.3 is 5.97 Å². The van der Waals surface area contributed by atoms with Gasteiger partial charge in [-0.3, -0.25) is 0 Å². The van der Waals surface area contributed by atoms with Gasteiger partial charge < -0.3 is 15.3 Å². The Morgan fingerprint density at radius 1 is 1.19 bits per heavy atom. The average Bonchev–Trinajstić information content (AvgIpc) is 2.45. The minimum absolute atomic E-state index is 0.311. The smallest absolute Gasteiger partial charge is 0.338 e. The quantitative estimate of drug-likeness (QED) is 0.887. The summed E-state index contributed by atoms with van der Waals surface area (Å²) in [5, 5.41) is 11.9. The molecule has 0 heterocycles. The lowest BCUT2D eigenvalue weighted by Crippen LogP contribution is -2.08. The first-order valence-corrected chi connectivity index (χ1v) is 6.50. The number of rotatable bonds is 5. The molecule has 5 heteroatoms. The molecule has 0 aliphatic rings. The zero-order valence-corrected chi connectivity index (χ0v) is 11.9. The van der Waals surface area contributed by atoms with E-state index in [1.165, 1.54) is 12.1 Å². The van der Waals surface area contributed by atoms with Crippen molar-refractivity contribution in [3.05, 3.63) is 59.4 Å². The Kier molecular flexibility index (Phi) is 4.42. The van der Waals surface area contributed by atoms with Gasteiger partial charge in [0, 0.05) is 32.0 Å². The summed E-state index contributed by atoms with van der Waals surface area (Å²) in [5.74, 6) is -1.98. The highest BCUT2D eigenvalue weighted by Crippen LogP contribution is 2.17. The number of carboxylic acid groups (broad SMARTS) is 1. The lowest BCUT2D eigenvalue weighted by molar-refractivity contribution is 0.0692. The van der Waals surface area contributed by atoms with Crippen molar-refractivity contribution in [2.45, 2.75) is 6.54 Å². The summed E-state index contributed by atoms with van der Waals surface area (Å²) in [6.45, 7) is 0.429. The van der Waals surface area contributed by atoms with E-state index in [-0.39, 0.29) is 5.56 Å². The lowest BCUT2D eigenvalue weighted by atomic mass is 10.1. The van der Waals surface area contributed by atoms with Gasteiger partial charge in [0.15, 0.2) is 0 Å². The van der Waals surface area contributed by atoms with Crippen molar-refractivity contribution >= 4 is 17.3 Å². The summed E-state index contributed by atoms with van der Waals surface area (Å²) in [4.78, 5) is 12.7. The number of carboxylic acids is 1. The van der Waals surface area contributed by atoms with Crippen LogP contribution in [0.15, 0.2) is 42.5 Å². The van der Waals surface area contributed by atoms with Crippen molar-refractivity contribution in [2.24, 2.45) is 0 Å². The Labute approximate surface area is 122 Å². The Bertz CT molecular complexity index is 639. The summed E-state index contributed by atoms with van der Waals surface area (Å²) >= 11 is 0. The fourth-order valence-electron chi connectivity index (χ4n) is 1.92. The summed E-state index contributed by atoms with van der Waals surface area (Å²) in [6, 6.07) is 12.0. The Balaban J connectivity index is 2.03. The molecule has 0 amide bonds. The van der Waals surface area contributed by atoms with E-state index < -0.39 is 11.8 Å². The topological polar surface area (TPSA) is 52.6 Å². The summed E-state index contributed by atoms with van der Waals surface area (Å²) in [5.41, 5.74) is 2.39. The molecular formula is C16H17FN2O2. The number of benzene rings is 2. The first kappa shape index (κ1) is 14.8. The second kappa shape index (κ2) is 6.26. The molecule has 0 saturated heterocycles. The van der Waals surface area contributed by atoms with Crippen LogP contribution in [-0.2, 0) is 6.54 Å². The number of hydrogen-bond acceptors (Lipinski definition) is 3. The van der Waals surface area contributed by atoms with E-state index in [1.54, 1.807) is 6.07 Å². The predicted molar refractivity (Wildman–Crippen MR) is 81.5 cm³/mol. The molecule has 21 heavy (non-hydrogen) atoms. The van der Waals surface area contributed by atoms with Crippen LogP contribution in [0.4, 0.5) is 15.8 Å². The zero-order chi connectivity index (χ0) is 15.4. The minimum Gasteiger partial charge on any atom is -0.478 e. The molecule has 0 fully saturated rings. The number of carbonyl (C=O) groups is 1. The Morgan fingerprint density at radius 3 is 2.38 bits per heavy atom. The Morgan fingerprint density at radius 2 is 1.86 bits per heavy atom. The van der Waals surface area contributed by atoms with Crippen LogP contribution in [0.1, 0.15) is 15.9 Å². The summed E-state index contributed by atoms with van der Waals surface area (Å²) in [6.07, 6.45) is 0. The molecule has 0 saturated carbocycles. The zero-order valence-electron chi connectivity index (χ0n) is 11.9. The van der Waals surface area contributed by atoms with E-state index in [1.807, 2.05) is 43.3 Å². The molecule has 2 rings (SSSR count). The number of hydrogen-bond donors (Lipinski definition) is 2. The van der Waals surface area contributed by atoms with Crippen molar-refractivity contribution in [1.82, 2.24) is 0 Å². The second-order valence-corrected chi connectivity index (χ2v) is 4.91. The third-order valence-corrected chi connectivity index (χ3v) is 3.14. The van der Waals surface area contributed by atoms with Crippen LogP contribution in [0.25, 0.3) is 0 Å². The van der Waals surface area contributed by atoms with Crippen LogP contribution in [0.2, 0.25) is 0 Å². The highest BCUT2D eigenvalue weighted by molar-refractivity contribution is 5.87. The second-order valence-electron chi connectivity index (χ2n) is 4.91. The van der Waals surface area contributed by atoms with Gasteiger partial charge in [0.25, 0.3) is 0 Å². The predicted octanol–water partition coefficient (Wildman–Crippen LogP) is 3.20. The normalized spacial score (nSPS) is 10.2. The van der Waals surface area contributed by atoms with E-state index in [2.05, 4.69) is 5.32 Å². The monoisotopic (exact) mass is 288 g/mol. The standard InChI is InChI=1S/C16H17FN2O2/c1-19(2)13-6-4-12(5-7-13)18-10-11-3-8-14(16(20)21)15(17)9-11/h3-9,18H,10H2,1-2H3,(H,20,21). The maximum absolute atomic E-state index is 13.6. The van der Waals surface area contributed by atoms with Crippen molar-refractivity contribution in [2.75, 3.05) is 24.3 Å². The van der Waals surface area contributed by atoms with Gasteiger partial charge in [-0.2, -0.15) is 0 Å². The van der Waals surface area contributed by atoms with Crippen molar-refractivity contribution in [3.63, 3.8) is 0 Å². The molecule has 0 radical (unpaired) electrons. The number of anilines is 2. The first-order chi connectivity index (χ1) is 9.97. The fraction of sp³-hybridized carbons (Fsp3) is 0.188. The SMILES string of the molecule is CN(C)c1ccc(NCc2ccc(C(=O)O)c(F)c2)cc1. The summed E-state index contributed by atoms with van der Waals surface area (Å²) in [7, 11) is 3.93. The lowest BCUT2D eigenvalue weighted by Gasteiger charge is -2.13. The number of halogens is 1. The van der Waals surface area contributed by atoms with E-state index in [9.17, 15) is 9.18 Å². The van der Waals surface area contributed by atoms with Crippen molar-refractivity contribution in [1.29, 1.82) is 0 Å². The van der Waals surface area contributed by atoms with Crippen LogP contribution >= 0.6 is 0 Å². The van der Waals surface area contributed by atoms with E-state index >= 15 is 0 Å². The third-order valence-electron chi connectivity index (χ3n) is 3.14. The van der Waals surface area contributed by atoms with Gasteiger partial charge in [-0.05, 0) is 42.0 Å². The molecule has 0 unspecified atom stereocenters. The molecular weight excluding hydrogens is 271 g/mol. The molecule has 0 aliphatic heterocycles. The fourth-order valence-corrected chi connectivity index (χ4v) is 1.92. The van der Waals surface area contributed by atoms with Gasteiger partial charge in [-0.25, -0.2) is 9.18 Å². The van der Waals surface area contributed by atoms with Crippen molar-refractivity contribution < 1.29 is 14.3 Å². The highest BCUT2D eigenvalue weighted by atomic mass is 19.1. The van der Waals surface area contributed by atoms with Gasteiger partial charge in [-0.15, -0.1) is 0 Å². The van der Waals surface area contributed by atoms with Crippen LogP contribution in [0.5, 0.6) is 0 Å². The minimum atomic E-state index is -1.26. The number of nitrogens with zero attached hydrogens (tertiary/aromatic N) is 1. The molecule has 0 atom stereocenters. The van der Waals surface area contributed by atoms with Crippen LogP contribution in [0.3, 0.4) is 0 Å². The van der Waals surface area contributed by atoms with E-state index in [4.69, 9.17) is 5.11 Å². The maximum Gasteiger partial charge on any atom is 0.338 e. The average molecular weight is 288 g/mol. The van der Waals surface area contributed by atoms with Gasteiger partial charge in [-0.1, -0.05) is 6.07 Å². The molecule has 0 aromatic heterocycles. The van der Waals surface area contributed by atoms with Gasteiger partial charge in [0.1, 0.15) is 5.82 Å². The maximum atomic E-state index is 13.6. The van der Waals surface area contributed by atoms with Crippen LogP contribution < -0.4 is 10.2 Å².